The van der Waals surface area contributed by atoms with E-state index in [4.69, 9.17) is 5.73 Å². The minimum absolute atomic E-state index is 0.0219. The van der Waals surface area contributed by atoms with Gasteiger partial charge in [-0.3, -0.25) is 9.59 Å². The van der Waals surface area contributed by atoms with Gasteiger partial charge >= 0.3 is 0 Å². The van der Waals surface area contributed by atoms with Crippen LogP contribution in [0, 0.1) is 5.92 Å². The minimum atomic E-state index is -0.485. The van der Waals surface area contributed by atoms with Crippen LogP contribution >= 0.6 is 0 Å². The van der Waals surface area contributed by atoms with E-state index in [2.05, 4.69) is 5.32 Å². The second kappa shape index (κ2) is 4.09. The van der Waals surface area contributed by atoms with Crippen LogP contribution in [0.25, 0.3) is 0 Å². The van der Waals surface area contributed by atoms with Crippen LogP contribution in [0.4, 0.5) is 0 Å². The third-order valence-corrected chi connectivity index (χ3v) is 2.16. The number of nitrogens with two attached hydrogens (primary N) is 1. The van der Waals surface area contributed by atoms with Crippen LogP contribution in [0.1, 0.15) is 25.7 Å². The Kier molecular flexibility index (Phi) is 3.08. The van der Waals surface area contributed by atoms with Crippen molar-refractivity contribution in [1.29, 1.82) is 0 Å². The van der Waals surface area contributed by atoms with E-state index in [1.165, 1.54) is 0 Å². The third-order valence-electron chi connectivity index (χ3n) is 2.16. The fraction of sp³-hybridized carbons (Fsp3) is 0.750. The number of rotatable bonds is 3. The van der Waals surface area contributed by atoms with Gasteiger partial charge in [0.15, 0.2) is 0 Å². The molecule has 68 valence electrons. The normalized spacial score (nSPS) is 17.7. The van der Waals surface area contributed by atoms with Crippen LogP contribution < -0.4 is 11.1 Å². The molecule has 0 radical (unpaired) electrons. The number of hydrogen-bond donors (Lipinski definition) is 2. The molecule has 0 aromatic carbocycles. The lowest BCUT2D eigenvalue weighted by molar-refractivity contribution is -0.127. The Morgan fingerprint density at radius 3 is 2.42 bits per heavy atom. The SMILES string of the molecule is NC(=O)CNC(=O)C1CCCC1. The number of carbonyl (C=O) groups excluding carboxylic acids is 2. The Balaban J connectivity index is 2.23. The van der Waals surface area contributed by atoms with Crippen LogP contribution in [0.5, 0.6) is 0 Å². The summed E-state index contributed by atoms with van der Waals surface area (Å²) in [6.07, 6.45) is 4.14. The van der Waals surface area contributed by atoms with E-state index in [-0.39, 0.29) is 18.4 Å². The summed E-state index contributed by atoms with van der Waals surface area (Å²) >= 11 is 0. The Labute approximate surface area is 71.5 Å². The lowest BCUT2D eigenvalue weighted by Crippen LogP contribution is -2.36. The summed E-state index contributed by atoms with van der Waals surface area (Å²) in [5.74, 6) is -0.392. The molecule has 0 spiro atoms. The highest BCUT2D eigenvalue weighted by Crippen LogP contribution is 2.24. The highest BCUT2D eigenvalue weighted by Gasteiger charge is 2.22. The van der Waals surface area contributed by atoms with Crippen molar-refractivity contribution in [2.45, 2.75) is 25.7 Å². The summed E-state index contributed by atoms with van der Waals surface area (Å²) in [5, 5.41) is 2.51. The van der Waals surface area contributed by atoms with Crippen molar-refractivity contribution in [3.63, 3.8) is 0 Å². The van der Waals surface area contributed by atoms with E-state index < -0.39 is 5.91 Å². The maximum Gasteiger partial charge on any atom is 0.236 e. The third kappa shape index (κ3) is 2.53. The molecule has 1 rings (SSSR count). The monoisotopic (exact) mass is 170 g/mol. The molecule has 12 heavy (non-hydrogen) atoms. The van der Waals surface area contributed by atoms with E-state index in [1.54, 1.807) is 0 Å². The molecule has 0 aromatic heterocycles. The summed E-state index contributed by atoms with van der Waals surface area (Å²) in [6.45, 7) is -0.0324. The lowest BCUT2D eigenvalue weighted by Gasteiger charge is -2.07. The van der Waals surface area contributed by atoms with Gasteiger partial charge in [-0.1, -0.05) is 12.8 Å². The Morgan fingerprint density at radius 2 is 1.92 bits per heavy atom. The van der Waals surface area contributed by atoms with Gasteiger partial charge in [0.25, 0.3) is 0 Å². The molecule has 0 bridgehead atoms. The van der Waals surface area contributed by atoms with Gasteiger partial charge in [-0.2, -0.15) is 0 Å². The highest BCUT2D eigenvalue weighted by molar-refractivity contribution is 5.85. The predicted octanol–water partition coefficient (Wildman–Crippen LogP) is -0.222. The zero-order valence-electron chi connectivity index (χ0n) is 7.01. The zero-order chi connectivity index (χ0) is 8.97. The summed E-state index contributed by atoms with van der Waals surface area (Å²) < 4.78 is 0. The molecule has 0 atom stereocenters. The number of hydrogen-bond acceptors (Lipinski definition) is 2. The van der Waals surface area contributed by atoms with Crippen molar-refractivity contribution in [2.24, 2.45) is 11.7 Å². The average molecular weight is 170 g/mol. The van der Waals surface area contributed by atoms with Gasteiger partial charge in [-0.15, -0.1) is 0 Å². The average Bonchev–Trinajstić information content (AvgIpc) is 2.51. The standard InChI is InChI=1S/C8H14N2O2/c9-7(11)5-10-8(12)6-3-1-2-4-6/h6H,1-5H2,(H2,9,11)(H,10,12). The first kappa shape index (κ1) is 9.03. The topological polar surface area (TPSA) is 72.2 Å². The molecular weight excluding hydrogens is 156 g/mol. The quantitative estimate of drug-likeness (QED) is 0.614. The maximum atomic E-state index is 11.2. The first-order valence-corrected chi connectivity index (χ1v) is 4.26. The molecule has 0 unspecified atom stereocenters. The van der Waals surface area contributed by atoms with Gasteiger partial charge in [0, 0.05) is 5.92 Å². The van der Waals surface area contributed by atoms with E-state index >= 15 is 0 Å². The fourth-order valence-electron chi connectivity index (χ4n) is 1.51. The second-order valence-electron chi connectivity index (χ2n) is 3.17. The lowest BCUT2D eigenvalue weighted by atomic mass is 10.1. The van der Waals surface area contributed by atoms with Crippen molar-refractivity contribution in [2.75, 3.05) is 6.54 Å². The van der Waals surface area contributed by atoms with Crippen molar-refractivity contribution < 1.29 is 9.59 Å². The molecule has 0 aromatic rings. The fourth-order valence-corrected chi connectivity index (χ4v) is 1.51. The highest BCUT2D eigenvalue weighted by atomic mass is 16.2. The summed E-state index contributed by atoms with van der Waals surface area (Å²) in [4.78, 5) is 21.6. The molecule has 1 fully saturated rings. The number of amides is 2. The minimum Gasteiger partial charge on any atom is -0.368 e. The molecule has 1 aliphatic carbocycles. The van der Waals surface area contributed by atoms with Crippen molar-refractivity contribution >= 4 is 11.8 Å². The Bertz CT molecular complexity index is 185. The molecule has 1 aliphatic rings. The smallest absolute Gasteiger partial charge is 0.236 e. The van der Waals surface area contributed by atoms with Crippen LogP contribution in [0.15, 0.2) is 0 Å². The summed E-state index contributed by atoms with van der Waals surface area (Å²) in [7, 11) is 0. The van der Waals surface area contributed by atoms with Crippen LogP contribution in [-0.4, -0.2) is 18.4 Å². The van der Waals surface area contributed by atoms with Crippen LogP contribution in [0.2, 0.25) is 0 Å². The number of nitrogens with one attached hydrogen (secondary N) is 1. The largest absolute Gasteiger partial charge is 0.368 e. The van der Waals surface area contributed by atoms with E-state index in [1.807, 2.05) is 0 Å². The summed E-state index contributed by atoms with van der Waals surface area (Å²) in [6, 6.07) is 0. The molecule has 0 saturated heterocycles. The molecule has 3 N–H and O–H groups in total. The van der Waals surface area contributed by atoms with Crippen molar-refractivity contribution in [1.82, 2.24) is 5.32 Å². The van der Waals surface area contributed by atoms with Gasteiger partial charge in [-0.05, 0) is 12.8 Å². The molecule has 2 amide bonds. The van der Waals surface area contributed by atoms with Gasteiger partial charge in [0.1, 0.15) is 0 Å². The predicted molar refractivity (Wildman–Crippen MR) is 44.2 cm³/mol. The molecule has 0 heterocycles. The number of primary amides is 1. The van der Waals surface area contributed by atoms with Crippen LogP contribution in [0.3, 0.4) is 0 Å². The van der Waals surface area contributed by atoms with Crippen molar-refractivity contribution in [3.8, 4) is 0 Å². The summed E-state index contributed by atoms with van der Waals surface area (Å²) in [5.41, 5.74) is 4.89. The molecular formula is C8H14N2O2. The van der Waals surface area contributed by atoms with E-state index in [0.29, 0.717) is 0 Å². The number of carbonyl (C=O) groups is 2. The second-order valence-corrected chi connectivity index (χ2v) is 3.17. The van der Waals surface area contributed by atoms with Crippen molar-refractivity contribution in [3.05, 3.63) is 0 Å². The van der Waals surface area contributed by atoms with Crippen LogP contribution in [-0.2, 0) is 9.59 Å². The molecule has 4 nitrogen and oxygen atoms in total. The first-order chi connectivity index (χ1) is 5.70. The maximum absolute atomic E-state index is 11.2. The van der Waals surface area contributed by atoms with E-state index in [0.717, 1.165) is 25.7 Å². The molecule has 4 heteroatoms. The first-order valence-electron chi connectivity index (χ1n) is 4.26. The zero-order valence-corrected chi connectivity index (χ0v) is 7.01. The van der Waals surface area contributed by atoms with Gasteiger partial charge in [0.05, 0.1) is 6.54 Å². The van der Waals surface area contributed by atoms with Gasteiger partial charge in [-0.25, -0.2) is 0 Å². The molecule has 0 aliphatic heterocycles. The molecule has 1 saturated carbocycles. The van der Waals surface area contributed by atoms with E-state index in [9.17, 15) is 9.59 Å². The Hall–Kier alpha value is -1.06. The van der Waals surface area contributed by atoms with Gasteiger partial charge in [0.2, 0.25) is 11.8 Å². The van der Waals surface area contributed by atoms with Gasteiger partial charge < -0.3 is 11.1 Å². The Morgan fingerprint density at radius 1 is 1.33 bits per heavy atom.